The first-order valence-electron chi connectivity index (χ1n) is 5.42. The van der Waals surface area contributed by atoms with Crippen LogP contribution in [0.3, 0.4) is 0 Å². The zero-order valence-electron chi connectivity index (χ0n) is 8.98. The molecule has 15 heavy (non-hydrogen) atoms. The van der Waals surface area contributed by atoms with E-state index in [1.165, 1.54) is 10.8 Å². The summed E-state index contributed by atoms with van der Waals surface area (Å²) in [5, 5.41) is 2.40. The number of fused-ring (bicyclic) bond motifs is 1. The largest absolute Gasteiger partial charge is 0.323 e. The molecule has 78 valence electrons. The second kappa shape index (κ2) is 4.41. The fourth-order valence-corrected chi connectivity index (χ4v) is 1.89. The van der Waals surface area contributed by atoms with E-state index in [9.17, 15) is 0 Å². The lowest BCUT2D eigenvalue weighted by Crippen LogP contribution is -2.11. The van der Waals surface area contributed by atoms with Crippen LogP contribution in [0.25, 0.3) is 10.8 Å². The van der Waals surface area contributed by atoms with Gasteiger partial charge in [0.25, 0.3) is 0 Å². The van der Waals surface area contributed by atoms with Crippen LogP contribution >= 0.6 is 0 Å². The SMILES string of the molecule is CCCC(N)c1nccc2ccccc12. The smallest absolute Gasteiger partial charge is 0.0649 e. The molecule has 1 atom stereocenters. The van der Waals surface area contributed by atoms with Crippen LogP contribution in [0.2, 0.25) is 0 Å². The second-order valence-corrected chi connectivity index (χ2v) is 3.81. The number of nitrogens with two attached hydrogens (primary N) is 1. The first kappa shape index (κ1) is 10.1. The molecule has 1 aromatic carbocycles. The van der Waals surface area contributed by atoms with Crippen LogP contribution in [0.1, 0.15) is 31.5 Å². The topological polar surface area (TPSA) is 38.9 Å². The Labute approximate surface area is 90.1 Å². The van der Waals surface area contributed by atoms with Gasteiger partial charge in [0.1, 0.15) is 0 Å². The average Bonchev–Trinajstić information content (AvgIpc) is 2.28. The third-order valence-electron chi connectivity index (χ3n) is 2.66. The van der Waals surface area contributed by atoms with Gasteiger partial charge in [-0.2, -0.15) is 0 Å². The first-order valence-corrected chi connectivity index (χ1v) is 5.42. The van der Waals surface area contributed by atoms with Crippen LogP contribution in [-0.2, 0) is 0 Å². The Morgan fingerprint density at radius 2 is 2.07 bits per heavy atom. The zero-order valence-corrected chi connectivity index (χ0v) is 8.98. The molecule has 0 bridgehead atoms. The van der Waals surface area contributed by atoms with Gasteiger partial charge in [-0.05, 0) is 17.9 Å². The Kier molecular flexibility index (Phi) is 2.97. The Morgan fingerprint density at radius 1 is 1.27 bits per heavy atom. The van der Waals surface area contributed by atoms with Crippen LogP contribution in [0, 0.1) is 0 Å². The summed E-state index contributed by atoms with van der Waals surface area (Å²) in [5.41, 5.74) is 7.13. The summed E-state index contributed by atoms with van der Waals surface area (Å²) in [6.45, 7) is 2.14. The lowest BCUT2D eigenvalue weighted by Gasteiger charge is -2.12. The van der Waals surface area contributed by atoms with Crippen LogP contribution in [0.4, 0.5) is 0 Å². The molecule has 1 aromatic heterocycles. The van der Waals surface area contributed by atoms with Gasteiger partial charge in [-0.25, -0.2) is 0 Å². The van der Waals surface area contributed by atoms with Crippen LogP contribution in [0.5, 0.6) is 0 Å². The van der Waals surface area contributed by atoms with Crippen molar-refractivity contribution in [3.63, 3.8) is 0 Å². The standard InChI is InChI=1S/C13H16N2/c1-2-5-12(14)13-11-7-4-3-6-10(11)8-9-15-13/h3-4,6-9,12H,2,5,14H2,1H3. The number of nitrogens with zero attached hydrogens (tertiary/aromatic N) is 1. The van der Waals surface area contributed by atoms with Crippen LogP contribution < -0.4 is 5.73 Å². The van der Waals surface area contributed by atoms with Crippen molar-refractivity contribution in [3.05, 3.63) is 42.2 Å². The number of rotatable bonds is 3. The van der Waals surface area contributed by atoms with E-state index in [4.69, 9.17) is 5.73 Å². The van der Waals surface area contributed by atoms with Crippen LogP contribution in [0.15, 0.2) is 36.5 Å². The summed E-state index contributed by atoms with van der Waals surface area (Å²) in [6.07, 6.45) is 3.92. The van der Waals surface area contributed by atoms with E-state index >= 15 is 0 Å². The molecule has 2 aromatic rings. The second-order valence-electron chi connectivity index (χ2n) is 3.81. The highest BCUT2D eigenvalue weighted by atomic mass is 14.8. The van der Waals surface area contributed by atoms with Crippen molar-refractivity contribution in [2.75, 3.05) is 0 Å². The minimum Gasteiger partial charge on any atom is -0.323 e. The molecule has 0 saturated heterocycles. The average molecular weight is 200 g/mol. The molecule has 0 amide bonds. The number of benzene rings is 1. The lowest BCUT2D eigenvalue weighted by molar-refractivity contribution is 0.627. The Morgan fingerprint density at radius 3 is 2.87 bits per heavy atom. The predicted octanol–water partition coefficient (Wildman–Crippen LogP) is 3.03. The quantitative estimate of drug-likeness (QED) is 0.827. The van der Waals surface area contributed by atoms with Gasteiger partial charge in [-0.3, -0.25) is 4.98 Å². The molecule has 1 unspecified atom stereocenters. The lowest BCUT2D eigenvalue weighted by atomic mass is 10.0. The maximum absolute atomic E-state index is 6.11. The summed E-state index contributed by atoms with van der Waals surface area (Å²) < 4.78 is 0. The van der Waals surface area contributed by atoms with Crippen LogP contribution in [-0.4, -0.2) is 4.98 Å². The maximum Gasteiger partial charge on any atom is 0.0649 e. The molecule has 2 nitrogen and oxygen atoms in total. The van der Waals surface area contributed by atoms with Crippen molar-refractivity contribution in [1.82, 2.24) is 4.98 Å². The van der Waals surface area contributed by atoms with Gasteiger partial charge in [0.2, 0.25) is 0 Å². The molecule has 0 radical (unpaired) electrons. The monoisotopic (exact) mass is 200 g/mol. The van der Waals surface area contributed by atoms with E-state index in [1.54, 1.807) is 0 Å². The molecular formula is C13H16N2. The van der Waals surface area contributed by atoms with E-state index in [2.05, 4.69) is 24.0 Å². The van der Waals surface area contributed by atoms with Crippen molar-refractivity contribution in [1.29, 1.82) is 0 Å². The number of pyridine rings is 1. The Bertz CT molecular complexity index is 446. The van der Waals surface area contributed by atoms with Crippen molar-refractivity contribution in [3.8, 4) is 0 Å². The zero-order chi connectivity index (χ0) is 10.7. The van der Waals surface area contributed by atoms with Crippen molar-refractivity contribution < 1.29 is 0 Å². The highest BCUT2D eigenvalue weighted by molar-refractivity contribution is 5.84. The van der Waals surface area contributed by atoms with E-state index in [1.807, 2.05) is 24.4 Å². The number of hydrogen-bond acceptors (Lipinski definition) is 2. The summed E-state index contributed by atoms with van der Waals surface area (Å²) >= 11 is 0. The molecule has 0 aliphatic carbocycles. The summed E-state index contributed by atoms with van der Waals surface area (Å²) in [4.78, 5) is 4.40. The van der Waals surface area contributed by atoms with Crippen molar-refractivity contribution >= 4 is 10.8 Å². The van der Waals surface area contributed by atoms with Gasteiger partial charge in [-0.1, -0.05) is 37.6 Å². The molecular weight excluding hydrogens is 184 g/mol. The molecule has 0 saturated carbocycles. The predicted molar refractivity (Wildman–Crippen MR) is 63.6 cm³/mol. The van der Waals surface area contributed by atoms with E-state index < -0.39 is 0 Å². The summed E-state index contributed by atoms with van der Waals surface area (Å²) in [5.74, 6) is 0. The maximum atomic E-state index is 6.11. The van der Waals surface area contributed by atoms with E-state index in [-0.39, 0.29) is 6.04 Å². The highest BCUT2D eigenvalue weighted by Gasteiger charge is 2.09. The van der Waals surface area contributed by atoms with Gasteiger partial charge in [-0.15, -0.1) is 0 Å². The molecule has 0 aliphatic rings. The van der Waals surface area contributed by atoms with Gasteiger partial charge in [0.05, 0.1) is 5.69 Å². The van der Waals surface area contributed by atoms with E-state index in [0.29, 0.717) is 0 Å². The number of aromatic nitrogens is 1. The van der Waals surface area contributed by atoms with E-state index in [0.717, 1.165) is 18.5 Å². The molecule has 2 heteroatoms. The molecule has 2 rings (SSSR count). The molecule has 0 aliphatic heterocycles. The van der Waals surface area contributed by atoms with Crippen molar-refractivity contribution in [2.45, 2.75) is 25.8 Å². The van der Waals surface area contributed by atoms with Gasteiger partial charge < -0.3 is 5.73 Å². The minimum atomic E-state index is 0.0566. The molecule has 2 N–H and O–H groups in total. The fourth-order valence-electron chi connectivity index (χ4n) is 1.89. The normalized spacial score (nSPS) is 12.9. The Hall–Kier alpha value is -1.41. The Balaban J connectivity index is 2.50. The van der Waals surface area contributed by atoms with Crippen molar-refractivity contribution in [2.24, 2.45) is 5.73 Å². The van der Waals surface area contributed by atoms with Gasteiger partial charge in [0.15, 0.2) is 0 Å². The number of hydrogen-bond donors (Lipinski definition) is 1. The third-order valence-corrected chi connectivity index (χ3v) is 2.66. The third kappa shape index (κ3) is 2.00. The highest BCUT2D eigenvalue weighted by Crippen LogP contribution is 2.22. The molecule has 0 fully saturated rings. The fraction of sp³-hybridized carbons (Fsp3) is 0.308. The summed E-state index contributed by atoms with van der Waals surface area (Å²) in [7, 11) is 0. The minimum absolute atomic E-state index is 0.0566. The summed E-state index contributed by atoms with van der Waals surface area (Å²) in [6, 6.07) is 10.3. The van der Waals surface area contributed by atoms with Gasteiger partial charge in [0, 0.05) is 17.6 Å². The first-order chi connectivity index (χ1) is 7.33. The van der Waals surface area contributed by atoms with Gasteiger partial charge >= 0.3 is 0 Å². The molecule has 0 spiro atoms. The molecule has 1 heterocycles.